The lowest BCUT2D eigenvalue weighted by molar-refractivity contribution is 0.633. The molecule has 2 aromatic carbocycles. The molecule has 0 atom stereocenters. The first-order valence-corrected chi connectivity index (χ1v) is 7.85. The molecule has 0 aliphatic heterocycles. The highest BCUT2D eigenvalue weighted by Gasteiger charge is 2.11. The number of pyridine rings is 1. The molecule has 0 unspecified atom stereocenters. The largest absolute Gasteiger partial charge is 0.398 e. The molecule has 0 bridgehead atoms. The third-order valence-electron chi connectivity index (χ3n) is 4.23. The monoisotopic (exact) mass is 325 g/mol. The Kier molecular flexibility index (Phi) is 4.01. The molecular weight excluding hydrogens is 305 g/mol. The van der Waals surface area contributed by atoms with E-state index in [0.717, 1.165) is 11.3 Å². The van der Waals surface area contributed by atoms with Crippen molar-refractivity contribution in [3.63, 3.8) is 0 Å². The van der Waals surface area contributed by atoms with Gasteiger partial charge in [-0.05, 0) is 53.3 Å². The van der Waals surface area contributed by atoms with E-state index in [1.165, 1.54) is 10.6 Å². The van der Waals surface area contributed by atoms with Gasteiger partial charge in [-0.15, -0.1) is 0 Å². The normalized spacial score (nSPS) is 11.2. The number of benzene rings is 2. The molecule has 0 saturated carbocycles. The van der Waals surface area contributed by atoms with Crippen LogP contribution >= 0.6 is 0 Å². The number of nitrogens with two attached hydrogens (primary N) is 1. The van der Waals surface area contributed by atoms with Crippen LogP contribution in [0.5, 0.6) is 0 Å². The molecule has 0 aliphatic carbocycles. The van der Waals surface area contributed by atoms with E-state index in [1.54, 1.807) is 31.4 Å². The van der Waals surface area contributed by atoms with Gasteiger partial charge in [-0.1, -0.05) is 13.8 Å². The van der Waals surface area contributed by atoms with Gasteiger partial charge < -0.3 is 11.1 Å². The van der Waals surface area contributed by atoms with Crippen LogP contribution in [0.15, 0.2) is 47.4 Å². The van der Waals surface area contributed by atoms with Gasteiger partial charge in [0.1, 0.15) is 5.82 Å². The van der Waals surface area contributed by atoms with Gasteiger partial charge in [0, 0.05) is 24.6 Å². The lowest BCUT2D eigenvalue weighted by Gasteiger charge is -2.14. The number of nitrogens with zero attached hydrogens (tertiary/aromatic N) is 1. The fraction of sp³-hybridized carbons (Fsp3) is 0.211. The zero-order valence-corrected chi connectivity index (χ0v) is 13.9. The van der Waals surface area contributed by atoms with Crippen molar-refractivity contribution in [2.24, 2.45) is 0 Å². The summed E-state index contributed by atoms with van der Waals surface area (Å²) in [6, 6.07) is 10.2. The van der Waals surface area contributed by atoms with Crippen LogP contribution in [0, 0.1) is 5.82 Å². The van der Waals surface area contributed by atoms with Gasteiger partial charge in [-0.2, -0.15) is 0 Å². The lowest BCUT2D eigenvalue weighted by Crippen LogP contribution is -2.18. The van der Waals surface area contributed by atoms with E-state index in [0.29, 0.717) is 22.1 Å². The highest BCUT2D eigenvalue weighted by atomic mass is 19.1. The molecule has 1 aromatic heterocycles. The summed E-state index contributed by atoms with van der Waals surface area (Å²) in [5, 5.41) is 3.82. The summed E-state index contributed by atoms with van der Waals surface area (Å²) in [4.78, 5) is 12.8. The van der Waals surface area contributed by atoms with Gasteiger partial charge in [0.2, 0.25) is 0 Å². The first-order valence-electron chi connectivity index (χ1n) is 7.85. The van der Waals surface area contributed by atoms with Crippen molar-refractivity contribution >= 4 is 22.1 Å². The van der Waals surface area contributed by atoms with Crippen LogP contribution in [-0.4, -0.2) is 11.6 Å². The molecule has 3 N–H and O–H groups in total. The predicted molar refractivity (Wildman–Crippen MR) is 97.6 cm³/mol. The first-order chi connectivity index (χ1) is 11.4. The second kappa shape index (κ2) is 6.00. The minimum absolute atomic E-state index is 0.247. The number of nitrogen functional groups attached to an aromatic ring is 1. The van der Waals surface area contributed by atoms with Crippen LogP contribution in [0.3, 0.4) is 0 Å². The maximum atomic E-state index is 14.0. The van der Waals surface area contributed by atoms with Crippen molar-refractivity contribution < 1.29 is 4.39 Å². The van der Waals surface area contributed by atoms with E-state index < -0.39 is 5.82 Å². The van der Waals surface area contributed by atoms with Gasteiger partial charge in [-0.25, -0.2) is 4.39 Å². The number of fused-ring (bicyclic) bond motifs is 1. The Morgan fingerprint density at radius 1 is 1.17 bits per heavy atom. The number of nitrogens with one attached hydrogen (secondary N) is 1. The standard InChI is InChI=1S/C19H20FN3O/c1-11(2)14-9-13(4-5-17(14)21)23-7-6-12-8-18(22-3)16(20)10-15(12)19(23)24/h4-11,22H,21H2,1-3H3. The maximum absolute atomic E-state index is 14.0. The molecule has 0 radical (unpaired) electrons. The van der Waals surface area contributed by atoms with Gasteiger partial charge >= 0.3 is 0 Å². The van der Waals surface area contributed by atoms with E-state index in [9.17, 15) is 9.18 Å². The van der Waals surface area contributed by atoms with E-state index in [2.05, 4.69) is 5.32 Å². The first kappa shape index (κ1) is 16.1. The molecule has 0 aliphatic rings. The molecule has 1 heterocycles. The molecular formula is C19H20FN3O. The SMILES string of the molecule is CNc1cc2ccn(-c3ccc(N)c(C(C)C)c3)c(=O)c2cc1F. The van der Waals surface area contributed by atoms with Crippen LogP contribution in [0.2, 0.25) is 0 Å². The van der Waals surface area contributed by atoms with Crippen LogP contribution in [0.25, 0.3) is 16.5 Å². The van der Waals surface area contributed by atoms with Crippen molar-refractivity contribution in [2.45, 2.75) is 19.8 Å². The second-order valence-corrected chi connectivity index (χ2v) is 6.13. The Hall–Kier alpha value is -2.82. The zero-order chi connectivity index (χ0) is 17.4. The van der Waals surface area contributed by atoms with Gasteiger partial charge in [0.15, 0.2) is 0 Å². The molecule has 0 spiro atoms. The van der Waals surface area contributed by atoms with Gasteiger partial charge in [0.25, 0.3) is 5.56 Å². The molecule has 0 saturated heterocycles. The molecule has 5 heteroatoms. The minimum atomic E-state index is -0.444. The summed E-state index contributed by atoms with van der Waals surface area (Å²) in [5.74, 6) is -0.197. The van der Waals surface area contributed by atoms with Crippen molar-refractivity contribution in [2.75, 3.05) is 18.1 Å². The van der Waals surface area contributed by atoms with Crippen molar-refractivity contribution in [1.29, 1.82) is 0 Å². The van der Waals surface area contributed by atoms with Crippen LogP contribution in [0.4, 0.5) is 15.8 Å². The van der Waals surface area contributed by atoms with Crippen molar-refractivity contribution in [3.05, 3.63) is 64.3 Å². The molecule has 0 amide bonds. The fourth-order valence-corrected chi connectivity index (χ4v) is 2.87. The number of hydrogen-bond acceptors (Lipinski definition) is 3. The number of halogens is 1. The topological polar surface area (TPSA) is 60.1 Å². The summed E-state index contributed by atoms with van der Waals surface area (Å²) < 4.78 is 15.5. The Morgan fingerprint density at radius 2 is 1.92 bits per heavy atom. The van der Waals surface area contributed by atoms with E-state index in [1.807, 2.05) is 26.0 Å². The summed E-state index contributed by atoms with van der Waals surface area (Å²) in [6.45, 7) is 4.10. The Morgan fingerprint density at radius 3 is 2.58 bits per heavy atom. The van der Waals surface area contributed by atoms with Crippen LogP contribution in [-0.2, 0) is 0 Å². The van der Waals surface area contributed by atoms with E-state index in [-0.39, 0.29) is 11.5 Å². The zero-order valence-electron chi connectivity index (χ0n) is 13.9. The molecule has 3 rings (SSSR count). The lowest BCUT2D eigenvalue weighted by atomic mass is 10.0. The van der Waals surface area contributed by atoms with Crippen LogP contribution in [0.1, 0.15) is 25.3 Å². The average Bonchev–Trinajstić information content (AvgIpc) is 2.56. The summed E-state index contributed by atoms with van der Waals surface area (Å²) in [5.41, 5.74) is 8.52. The molecule has 124 valence electrons. The number of aromatic nitrogens is 1. The molecule has 0 fully saturated rings. The third-order valence-corrected chi connectivity index (χ3v) is 4.23. The van der Waals surface area contributed by atoms with Gasteiger partial charge in [-0.3, -0.25) is 9.36 Å². The molecule has 3 aromatic rings. The third kappa shape index (κ3) is 2.62. The Bertz CT molecular complexity index is 976. The highest BCUT2D eigenvalue weighted by Crippen LogP contribution is 2.25. The number of anilines is 2. The molecule has 4 nitrogen and oxygen atoms in total. The van der Waals surface area contributed by atoms with Crippen molar-refractivity contribution in [3.8, 4) is 5.69 Å². The summed E-state index contributed by atoms with van der Waals surface area (Å²) in [7, 11) is 1.65. The smallest absolute Gasteiger partial charge is 0.263 e. The predicted octanol–water partition coefficient (Wildman–Crippen LogP) is 3.88. The number of rotatable bonds is 3. The highest BCUT2D eigenvalue weighted by molar-refractivity contribution is 5.85. The fourth-order valence-electron chi connectivity index (χ4n) is 2.87. The van der Waals surface area contributed by atoms with Crippen LogP contribution < -0.4 is 16.6 Å². The van der Waals surface area contributed by atoms with E-state index in [4.69, 9.17) is 5.73 Å². The van der Waals surface area contributed by atoms with Gasteiger partial charge in [0.05, 0.1) is 11.1 Å². The Labute approximate surface area is 139 Å². The molecule has 24 heavy (non-hydrogen) atoms. The summed E-state index contributed by atoms with van der Waals surface area (Å²) >= 11 is 0. The van der Waals surface area contributed by atoms with Crippen molar-refractivity contribution in [1.82, 2.24) is 4.57 Å². The number of hydrogen-bond donors (Lipinski definition) is 2. The Balaban J connectivity index is 2.23. The summed E-state index contributed by atoms with van der Waals surface area (Å²) in [6.07, 6.45) is 1.71. The quantitative estimate of drug-likeness (QED) is 0.719. The maximum Gasteiger partial charge on any atom is 0.263 e. The average molecular weight is 325 g/mol. The van der Waals surface area contributed by atoms with E-state index >= 15 is 0 Å². The second-order valence-electron chi connectivity index (χ2n) is 6.13. The minimum Gasteiger partial charge on any atom is -0.398 e.